The molecule has 1 fully saturated rings. The highest BCUT2D eigenvalue weighted by atomic mass is 16.3. The van der Waals surface area contributed by atoms with Gasteiger partial charge in [0, 0.05) is 13.1 Å². The van der Waals surface area contributed by atoms with E-state index in [-0.39, 0.29) is 12.1 Å². The fourth-order valence-electron chi connectivity index (χ4n) is 3.73. The van der Waals surface area contributed by atoms with E-state index in [1.807, 2.05) is 18.2 Å². The number of hydrogen-bond donors (Lipinski definition) is 1. The highest BCUT2D eigenvalue weighted by Gasteiger charge is 2.28. The molecular formula is C18H22N6O2. The van der Waals surface area contributed by atoms with Crippen LogP contribution in [0.1, 0.15) is 36.0 Å². The van der Waals surface area contributed by atoms with Crippen LogP contribution in [-0.2, 0) is 13.1 Å². The topological polar surface area (TPSA) is 90.3 Å². The Morgan fingerprint density at radius 1 is 1.35 bits per heavy atom. The first-order chi connectivity index (χ1) is 12.7. The van der Waals surface area contributed by atoms with Crippen LogP contribution in [0.4, 0.5) is 4.79 Å². The van der Waals surface area contributed by atoms with E-state index in [1.54, 1.807) is 21.9 Å². The quantitative estimate of drug-likeness (QED) is 0.903. The maximum atomic E-state index is 12.6. The van der Waals surface area contributed by atoms with Gasteiger partial charge in [-0.05, 0) is 44.1 Å². The predicted molar refractivity (Wildman–Crippen MR) is 93.0 cm³/mol. The Balaban J connectivity index is 1.39. The fraction of sp³-hybridized carbons (Fsp3) is 0.500. The Labute approximate surface area is 152 Å². The summed E-state index contributed by atoms with van der Waals surface area (Å²) in [6.07, 6.45) is 4.05. The van der Waals surface area contributed by atoms with E-state index < -0.39 is 0 Å². The van der Waals surface area contributed by atoms with E-state index in [1.165, 1.54) is 12.8 Å². The molecule has 0 aromatic carbocycles. The summed E-state index contributed by atoms with van der Waals surface area (Å²) >= 11 is 0. The number of carbonyl (C=O) groups excluding carboxylic acids is 1. The summed E-state index contributed by atoms with van der Waals surface area (Å²) in [6.45, 7) is 4.24. The second kappa shape index (κ2) is 7.22. The van der Waals surface area contributed by atoms with Gasteiger partial charge in [-0.25, -0.2) is 4.79 Å². The number of amides is 2. The van der Waals surface area contributed by atoms with Crippen molar-refractivity contribution in [1.29, 1.82) is 5.26 Å². The van der Waals surface area contributed by atoms with Crippen molar-refractivity contribution in [2.45, 2.75) is 32.0 Å². The van der Waals surface area contributed by atoms with Crippen LogP contribution in [0.15, 0.2) is 28.9 Å². The molecule has 0 bridgehead atoms. The minimum atomic E-state index is -0.0910. The summed E-state index contributed by atoms with van der Waals surface area (Å²) in [5.74, 6) is 0.891. The number of hydrogen-bond acceptors (Lipinski definition) is 5. The van der Waals surface area contributed by atoms with Crippen LogP contribution in [0.3, 0.4) is 0 Å². The van der Waals surface area contributed by atoms with E-state index in [0.717, 1.165) is 24.5 Å². The largest absolute Gasteiger partial charge is 0.468 e. The van der Waals surface area contributed by atoms with Crippen LogP contribution in [0, 0.1) is 11.3 Å². The van der Waals surface area contributed by atoms with E-state index in [2.05, 4.69) is 15.3 Å². The minimum absolute atomic E-state index is 0.0666. The standard InChI is InChI=1S/C18H22N6O2/c19-11-14-10-15-13-23(7-8-24(15)21-14)18(25)20-12-16(17-4-3-9-26-17)22-5-1-2-6-22/h3-4,9-10,16H,1-2,5-8,12-13H2,(H,20,25)/t16-/m0/s1. The van der Waals surface area contributed by atoms with Crippen LogP contribution in [0.2, 0.25) is 0 Å². The average Bonchev–Trinajstić information content (AvgIpc) is 3.41. The molecule has 2 aromatic heterocycles. The third-order valence-corrected chi connectivity index (χ3v) is 5.10. The number of carbonyl (C=O) groups is 1. The molecule has 8 nitrogen and oxygen atoms in total. The lowest BCUT2D eigenvalue weighted by atomic mass is 10.2. The van der Waals surface area contributed by atoms with Crippen molar-refractivity contribution < 1.29 is 9.21 Å². The number of nitrogens with one attached hydrogen (secondary N) is 1. The maximum absolute atomic E-state index is 12.6. The molecule has 4 rings (SSSR count). The SMILES string of the molecule is N#Cc1cc2n(n1)CCN(C(=O)NC[C@@H](c1ccco1)N1CCCC1)C2. The smallest absolute Gasteiger partial charge is 0.317 e. The first-order valence-corrected chi connectivity index (χ1v) is 9.01. The number of aromatic nitrogens is 2. The molecule has 0 aliphatic carbocycles. The maximum Gasteiger partial charge on any atom is 0.317 e. The molecule has 26 heavy (non-hydrogen) atoms. The summed E-state index contributed by atoms with van der Waals surface area (Å²) < 4.78 is 7.40. The minimum Gasteiger partial charge on any atom is -0.468 e. The highest BCUT2D eigenvalue weighted by Crippen LogP contribution is 2.25. The second-order valence-electron chi connectivity index (χ2n) is 6.74. The third-order valence-electron chi connectivity index (χ3n) is 5.10. The van der Waals surface area contributed by atoms with Crippen molar-refractivity contribution in [3.63, 3.8) is 0 Å². The number of fused-ring (bicyclic) bond motifs is 1. The van der Waals surface area contributed by atoms with Gasteiger partial charge in [-0.15, -0.1) is 0 Å². The van der Waals surface area contributed by atoms with Crippen LogP contribution in [0.5, 0.6) is 0 Å². The lowest BCUT2D eigenvalue weighted by molar-refractivity contribution is 0.169. The Kier molecular flexibility index (Phi) is 4.63. The van der Waals surface area contributed by atoms with E-state index in [4.69, 9.17) is 9.68 Å². The van der Waals surface area contributed by atoms with Crippen molar-refractivity contribution in [2.24, 2.45) is 0 Å². The van der Waals surface area contributed by atoms with Crippen molar-refractivity contribution in [3.8, 4) is 6.07 Å². The molecule has 2 aliphatic rings. The monoisotopic (exact) mass is 354 g/mol. The lowest BCUT2D eigenvalue weighted by Crippen LogP contribution is -2.46. The fourth-order valence-corrected chi connectivity index (χ4v) is 3.73. The van der Waals surface area contributed by atoms with Crippen molar-refractivity contribution >= 4 is 6.03 Å². The van der Waals surface area contributed by atoms with E-state index in [0.29, 0.717) is 31.9 Å². The van der Waals surface area contributed by atoms with E-state index >= 15 is 0 Å². The van der Waals surface area contributed by atoms with Gasteiger partial charge in [0.2, 0.25) is 0 Å². The van der Waals surface area contributed by atoms with Gasteiger partial charge in [0.25, 0.3) is 0 Å². The first kappa shape index (κ1) is 16.7. The highest BCUT2D eigenvalue weighted by molar-refractivity contribution is 5.74. The number of furan rings is 1. The normalized spacial score (nSPS) is 18.3. The Morgan fingerprint density at radius 3 is 2.92 bits per heavy atom. The van der Waals surface area contributed by atoms with Crippen LogP contribution >= 0.6 is 0 Å². The molecule has 0 unspecified atom stereocenters. The molecule has 8 heteroatoms. The summed E-state index contributed by atoms with van der Waals surface area (Å²) in [5, 5.41) is 16.2. The zero-order valence-corrected chi connectivity index (χ0v) is 14.6. The van der Waals surface area contributed by atoms with Crippen molar-refractivity contribution in [2.75, 3.05) is 26.2 Å². The van der Waals surface area contributed by atoms with Crippen LogP contribution in [0.25, 0.3) is 0 Å². The summed E-state index contributed by atoms with van der Waals surface area (Å²) in [6, 6.07) is 7.63. The molecule has 0 saturated carbocycles. The Morgan fingerprint density at radius 2 is 2.19 bits per heavy atom. The predicted octanol–water partition coefficient (Wildman–Crippen LogP) is 1.71. The van der Waals surface area contributed by atoms with E-state index in [9.17, 15) is 4.79 Å². The van der Waals surface area contributed by atoms with Gasteiger partial charge in [-0.1, -0.05) is 0 Å². The average molecular weight is 354 g/mol. The van der Waals surface area contributed by atoms with Crippen molar-refractivity contribution in [1.82, 2.24) is 24.9 Å². The zero-order chi connectivity index (χ0) is 17.9. The van der Waals surface area contributed by atoms with Gasteiger partial charge in [0.15, 0.2) is 5.69 Å². The zero-order valence-electron chi connectivity index (χ0n) is 14.6. The summed E-state index contributed by atoms with van der Waals surface area (Å²) in [5.41, 5.74) is 1.29. The molecule has 4 heterocycles. The molecule has 1 atom stereocenters. The summed E-state index contributed by atoms with van der Waals surface area (Å²) in [4.78, 5) is 16.8. The molecule has 2 aromatic rings. The van der Waals surface area contributed by atoms with Crippen LogP contribution in [-0.4, -0.2) is 51.8 Å². The molecular weight excluding hydrogens is 332 g/mol. The Hall–Kier alpha value is -2.79. The van der Waals surface area contributed by atoms with Crippen LogP contribution < -0.4 is 5.32 Å². The van der Waals surface area contributed by atoms with Gasteiger partial charge in [-0.3, -0.25) is 9.58 Å². The molecule has 0 spiro atoms. The Bertz CT molecular complexity index is 800. The lowest BCUT2D eigenvalue weighted by Gasteiger charge is -2.30. The van der Waals surface area contributed by atoms with Gasteiger partial charge in [-0.2, -0.15) is 10.4 Å². The molecule has 1 saturated heterocycles. The first-order valence-electron chi connectivity index (χ1n) is 9.01. The number of rotatable bonds is 4. The van der Waals surface area contributed by atoms with Crippen molar-refractivity contribution in [3.05, 3.63) is 41.6 Å². The molecule has 1 N–H and O–H groups in total. The molecule has 136 valence electrons. The van der Waals surface area contributed by atoms with Gasteiger partial charge in [0.1, 0.15) is 11.8 Å². The molecule has 0 radical (unpaired) electrons. The van der Waals surface area contributed by atoms with Gasteiger partial charge >= 0.3 is 6.03 Å². The molecule has 2 aliphatic heterocycles. The molecule has 2 amide bonds. The van der Waals surface area contributed by atoms with Gasteiger partial charge in [0.05, 0.1) is 31.1 Å². The number of urea groups is 1. The second-order valence-corrected chi connectivity index (χ2v) is 6.74. The van der Waals surface area contributed by atoms with Gasteiger partial charge < -0.3 is 14.6 Å². The number of likely N-dealkylation sites (tertiary alicyclic amines) is 1. The number of nitriles is 1. The number of nitrogens with zero attached hydrogens (tertiary/aromatic N) is 5. The summed E-state index contributed by atoms with van der Waals surface area (Å²) in [7, 11) is 0. The third kappa shape index (κ3) is 3.30.